The number of nitrogens with one attached hydrogen (secondary N) is 1. The van der Waals surface area contributed by atoms with Crippen LogP contribution in [0.5, 0.6) is 0 Å². The molecule has 162 valence electrons. The molecule has 0 saturated carbocycles. The fourth-order valence-electron chi connectivity index (χ4n) is 3.37. The zero-order chi connectivity index (χ0) is 22.7. The van der Waals surface area contributed by atoms with Crippen molar-refractivity contribution in [1.82, 2.24) is 19.3 Å². The van der Waals surface area contributed by atoms with E-state index in [1.54, 1.807) is 35.9 Å². The summed E-state index contributed by atoms with van der Waals surface area (Å²) in [7, 11) is 1.31. The summed E-state index contributed by atoms with van der Waals surface area (Å²) in [6.45, 7) is 1.91. The molecule has 0 aliphatic rings. The second-order valence-corrected chi connectivity index (χ2v) is 7.11. The average Bonchev–Trinajstić information content (AvgIpc) is 3.23. The SMILES string of the molecule is COC(=O)c1ccc(NC(=O)CCn2c(C)nc3c(cnn3-c3ccccc3)c2=O)cc1. The Morgan fingerprint density at radius 3 is 2.47 bits per heavy atom. The van der Waals surface area contributed by atoms with E-state index >= 15 is 0 Å². The van der Waals surface area contributed by atoms with Gasteiger partial charge in [-0.15, -0.1) is 0 Å². The van der Waals surface area contributed by atoms with Gasteiger partial charge in [-0.1, -0.05) is 18.2 Å². The molecule has 0 saturated heterocycles. The third-order valence-corrected chi connectivity index (χ3v) is 5.03. The van der Waals surface area contributed by atoms with Gasteiger partial charge in [-0.3, -0.25) is 14.2 Å². The Balaban J connectivity index is 1.49. The number of amides is 1. The fraction of sp³-hybridized carbons (Fsp3) is 0.174. The van der Waals surface area contributed by atoms with Crippen molar-refractivity contribution in [3.05, 3.63) is 82.5 Å². The first-order valence-corrected chi connectivity index (χ1v) is 9.97. The highest BCUT2D eigenvalue weighted by Crippen LogP contribution is 2.15. The monoisotopic (exact) mass is 431 g/mol. The van der Waals surface area contributed by atoms with Crippen molar-refractivity contribution in [2.45, 2.75) is 19.9 Å². The normalized spacial score (nSPS) is 10.8. The number of aryl methyl sites for hydroxylation is 1. The number of rotatable bonds is 6. The molecule has 0 unspecified atom stereocenters. The van der Waals surface area contributed by atoms with Crippen molar-refractivity contribution in [2.24, 2.45) is 0 Å². The number of nitrogens with zero attached hydrogens (tertiary/aromatic N) is 4. The molecule has 0 aliphatic carbocycles. The lowest BCUT2D eigenvalue weighted by Gasteiger charge is -2.11. The number of ether oxygens (including phenoxy) is 1. The molecule has 0 fully saturated rings. The molecular formula is C23H21N5O4. The number of fused-ring (bicyclic) bond motifs is 1. The fourth-order valence-corrected chi connectivity index (χ4v) is 3.37. The summed E-state index contributed by atoms with van der Waals surface area (Å²) in [5.74, 6) is -0.214. The van der Waals surface area contributed by atoms with E-state index in [1.165, 1.54) is 17.9 Å². The standard InChI is InChI=1S/C23H21N5O4/c1-15-25-21-19(14-24-28(21)18-6-4-3-5-7-18)22(30)27(15)13-12-20(29)26-17-10-8-16(9-11-17)23(31)32-2/h3-11,14H,12-13H2,1-2H3,(H,26,29). The van der Waals surface area contributed by atoms with Gasteiger partial charge < -0.3 is 10.1 Å². The maximum absolute atomic E-state index is 13.0. The third-order valence-electron chi connectivity index (χ3n) is 5.03. The summed E-state index contributed by atoms with van der Waals surface area (Å²) in [6, 6.07) is 15.8. The third kappa shape index (κ3) is 4.13. The maximum Gasteiger partial charge on any atom is 0.337 e. The maximum atomic E-state index is 13.0. The van der Waals surface area contributed by atoms with Crippen LogP contribution < -0.4 is 10.9 Å². The van der Waals surface area contributed by atoms with E-state index in [9.17, 15) is 14.4 Å². The summed E-state index contributed by atoms with van der Waals surface area (Å²) in [5, 5.41) is 7.46. The second kappa shape index (κ2) is 8.84. The molecule has 0 radical (unpaired) electrons. The van der Waals surface area contributed by atoms with Crippen LogP contribution in [0.1, 0.15) is 22.6 Å². The highest BCUT2D eigenvalue weighted by Gasteiger charge is 2.15. The van der Waals surface area contributed by atoms with Gasteiger partial charge in [0.05, 0.1) is 24.6 Å². The Labute approximate surface area is 183 Å². The minimum atomic E-state index is -0.448. The molecule has 9 nitrogen and oxygen atoms in total. The van der Waals surface area contributed by atoms with E-state index in [0.717, 1.165) is 5.69 Å². The van der Waals surface area contributed by atoms with Gasteiger partial charge in [0, 0.05) is 18.7 Å². The van der Waals surface area contributed by atoms with E-state index in [2.05, 4.69) is 20.1 Å². The van der Waals surface area contributed by atoms with Gasteiger partial charge in [-0.25, -0.2) is 14.5 Å². The van der Waals surface area contributed by atoms with Crippen molar-refractivity contribution in [1.29, 1.82) is 0 Å². The van der Waals surface area contributed by atoms with Gasteiger partial charge in [-0.2, -0.15) is 5.10 Å². The van der Waals surface area contributed by atoms with Gasteiger partial charge in [-0.05, 0) is 43.3 Å². The predicted molar refractivity (Wildman–Crippen MR) is 119 cm³/mol. The first-order valence-electron chi connectivity index (χ1n) is 9.97. The number of hydrogen-bond acceptors (Lipinski definition) is 6. The van der Waals surface area contributed by atoms with Crippen LogP contribution in [-0.4, -0.2) is 38.3 Å². The highest BCUT2D eigenvalue weighted by molar-refractivity contribution is 5.93. The van der Waals surface area contributed by atoms with Gasteiger partial charge >= 0.3 is 5.97 Å². The molecule has 0 aliphatic heterocycles. The first-order chi connectivity index (χ1) is 15.5. The molecule has 1 amide bonds. The van der Waals surface area contributed by atoms with Gasteiger partial charge in [0.1, 0.15) is 11.2 Å². The number of carbonyl (C=O) groups excluding carboxylic acids is 2. The van der Waals surface area contributed by atoms with Crippen LogP contribution in [0.3, 0.4) is 0 Å². The molecule has 4 aromatic rings. The number of hydrogen-bond donors (Lipinski definition) is 1. The summed E-state index contributed by atoms with van der Waals surface area (Å²) in [5.41, 5.74) is 1.98. The molecule has 0 atom stereocenters. The van der Waals surface area contributed by atoms with E-state index in [4.69, 9.17) is 0 Å². The Morgan fingerprint density at radius 1 is 1.06 bits per heavy atom. The highest BCUT2D eigenvalue weighted by atomic mass is 16.5. The molecule has 4 rings (SSSR count). The number of esters is 1. The summed E-state index contributed by atoms with van der Waals surface area (Å²) >= 11 is 0. The number of aromatic nitrogens is 4. The molecule has 2 aromatic heterocycles. The average molecular weight is 431 g/mol. The second-order valence-electron chi connectivity index (χ2n) is 7.11. The molecule has 32 heavy (non-hydrogen) atoms. The van der Waals surface area contributed by atoms with Crippen molar-refractivity contribution in [2.75, 3.05) is 12.4 Å². The molecule has 1 N–H and O–H groups in total. The molecule has 9 heteroatoms. The zero-order valence-electron chi connectivity index (χ0n) is 17.6. The minimum Gasteiger partial charge on any atom is -0.465 e. The van der Waals surface area contributed by atoms with Crippen LogP contribution in [0.2, 0.25) is 0 Å². The molecule has 0 spiro atoms. The quantitative estimate of drug-likeness (QED) is 0.470. The van der Waals surface area contributed by atoms with E-state index in [1.807, 2.05) is 30.3 Å². The summed E-state index contributed by atoms with van der Waals surface area (Å²) in [4.78, 5) is 41.4. The summed E-state index contributed by atoms with van der Waals surface area (Å²) in [6.07, 6.45) is 1.58. The van der Waals surface area contributed by atoms with Crippen LogP contribution in [0.15, 0.2) is 65.6 Å². The number of benzene rings is 2. The van der Waals surface area contributed by atoms with Gasteiger partial charge in [0.15, 0.2) is 5.65 Å². The topological polar surface area (TPSA) is 108 Å². The minimum absolute atomic E-state index is 0.0828. The van der Waals surface area contributed by atoms with Gasteiger partial charge in [0.2, 0.25) is 5.91 Å². The molecule has 0 bridgehead atoms. The van der Waals surface area contributed by atoms with E-state index in [0.29, 0.717) is 28.1 Å². The number of methoxy groups -OCH3 is 1. The smallest absolute Gasteiger partial charge is 0.337 e. The van der Waals surface area contributed by atoms with Crippen molar-refractivity contribution >= 4 is 28.6 Å². The predicted octanol–water partition coefficient (Wildman–Crippen LogP) is 2.71. The van der Waals surface area contributed by atoms with Gasteiger partial charge in [0.25, 0.3) is 5.56 Å². The van der Waals surface area contributed by atoms with Crippen LogP contribution >= 0.6 is 0 Å². The lowest BCUT2D eigenvalue weighted by atomic mass is 10.2. The Bertz CT molecular complexity index is 1340. The Hall–Kier alpha value is -4.27. The lowest BCUT2D eigenvalue weighted by Crippen LogP contribution is -2.26. The van der Waals surface area contributed by atoms with Crippen molar-refractivity contribution in [3.8, 4) is 5.69 Å². The summed E-state index contributed by atoms with van der Waals surface area (Å²) < 4.78 is 7.75. The number of anilines is 1. The van der Waals surface area contributed by atoms with Crippen molar-refractivity contribution in [3.63, 3.8) is 0 Å². The van der Waals surface area contributed by atoms with Crippen molar-refractivity contribution < 1.29 is 14.3 Å². The van der Waals surface area contributed by atoms with Crippen LogP contribution in [0, 0.1) is 6.92 Å². The Morgan fingerprint density at radius 2 is 1.78 bits per heavy atom. The van der Waals surface area contributed by atoms with E-state index < -0.39 is 5.97 Å². The molecule has 2 heterocycles. The Kier molecular flexibility index (Phi) is 5.80. The molecular weight excluding hydrogens is 410 g/mol. The lowest BCUT2D eigenvalue weighted by molar-refractivity contribution is -0.116. The van der Waals surface area contributed by atoms with E-state index in [-0.39, 0.29) is 24.4 Å². The first kappa shape index (κ1) is 21.0. The van der Waals surface area contributed by atoms with Crippen LogP contribution in [0.4, 0.5) is 5.69 Å². The van der Waals surface area contributed by atoms with Crippen LogP contribution in [-0.2, 0) is 16.1 Å². The number of carbonyl (C=O) groups is 2. The largest absolute Gasteiger partial charge is 0.465 e. The molecule has 2 aromatic carbocycles. The zero-order valence-corrected chi connectivity index (χ0v) is 17.6. The van der Waals surface area contributed by atoms with Crippen LogP contribution in [0.25, 0.3) is 16.7 Å². The number of para-hydroxylation sites is 1.